The summed E-state index contributed by atoms with van der Waals surface area (Å²) in [6, 6.07) is 24.3. The van der Waals surface area contributed by atoms with Crippen molar-refractivity contribution in [2.24, 2.45) is 5.92 Å². The van der Waals surface area contributed by atoms with Crippen LogP contribution in [0.25, 0.3) is 5.69 Å². The highest BCUT2D eigenvalue weighted by Crippen LogP contribution is 2.60. The van der Waals surface area contributed by atoms with Gasteiger partial charge in [0.2, 0.25) is 5.91 Å². The maximum Gasteiger partial charge on any atom is 0.297 e. The van der Waals surface area contributed by atoms with Gasteiger partial charge in [0.05, 0.1) is 59.7 Å². The molecule has 3 aromatic carbocycles. The van der Waals surface area contributed by atoms with Gasteiger partial charge in [0.25, 0.3) is 11.5 Å². The van der Waals surface area contributed by atoms with E-state index in [1.54, 1.807) is 41.3 Å². The Kier molecular flexibility index (Phi) is 10.0. The number of fused-ring (bicyclic) bond motifs is 2. The average Bonchev–Trinajstić information content (AvgIpc) is 3.82. The minimum absolute atomic E-state index is 0.0708. The molecule has 5 atom stereocenters. The Bertz CT molecular complexity index is 2090. The topological polar surface area (TPSA) is 111 Å². The molecular formula is C41H46ClN3O7Si. The van der Waals surface area contributed by atoms with E-state index in [1.165, 1.54) is 16.9 Å². The van der Waals surface area contributed by atoms with E-state index in [2.05, 4.69) is 32.2 Å². The molecule has 2 fully saturated rings. The van der Waals surface area contributed by atoms with Gasteiger partial charge in [0.15, 0.2) is 11.4 Å². The van der Waals surface area contributed by atoms with E-state index in [1.807, 2.05) is 48.5 Å². The minimum Gasteiger partial charge on any atom is -0.497 e. The van der Waals surface area contributed by atoms with Crippen LogP contribution in [-0.2, 0) is 26.5 Å². The number of amides is 2. The summed E-state index contributed by atoms with van der Waals surface area (Å²) in [5, 5.41) is 11.7. The maximum atomic E-state index is 15.2. The molecule has 2 saturated heterocycles. The molecule has 1 N–H and O–H groups in total. The van der Waals surface area contributed by atoms with E-state index in [9.17, 15) is 14.7 Å². The third-order valence-electron chi connectivity index (χ3n) is 11.7. The van der Waals surface area contributed by atoms with E-state index in [0.717, 1.165) is 24.2 Å². The molecule has 12 heteroatoms. The Labute approximate surface area is 315 Å². The Morgan fingerprint density at radius 3 is 2.51 bits per heavy atom. The van der Waals surface area contributed by atoms with Gasteiger partial charge in [-0.05, 0) is 78.5 Å². The number of carbonyl (C=O) groups is 2. The second kappa shape index (κ2) is 14.4. The van der Waals surface area contributed by atoms with Crippen molar-refractivity contribution < 1.29 is 28.9 Å². The van der Waals surface area contributed by atoms with Crippen LogP contribution in [0, 0.1) is 5.92 Å². The quantitative estimate of drug-likeness (QED) is 0.209. The van der Waals surface area contributed by atoms with Crippen LogP contribution < -0.4 is 25.1 Å². The average molecular weight is 756 g/mol. The van der Waals surface area contributed by atoms with Gasteiger partial charge in [0, 0.05) is 34.9 Å². The summed E-state index contributed by atoms with van der Waals surface area (Å²) >= 11 is 6.69. The smallest absolute Gasteiger partial charge is 0.297 e. The number of halogens is 1. The van der Waals surface area contributed by atoms with Crippen LogP contribution in [0.5, 0.6) is 11.5 Å². The second-order valence-electron chi connectivity index (χ2n) is 14.9. The van der Waals surface area contributed by atoms with E-state index in [4.69, 9.17) is 25.8 Å². The first-order valence-corrected chi connectivity index (χ1v) is 21.6. The van der Waals surface area contributed by atoms with Gasteiger partial charge < -0.3 is 29.1 Å². The van der Waals surface area contributed by atoms with Crippen LogP contribution in [0.2, 0.25) is 23.7 Å². The number of nitrogens with zero attached hydrogens (tertiary/aromatic N) is 3. The lowest BCUT2D eigenvalue weighted by Gasteiger charge is -2.37. The number of likely N-dealkylation sites (tertiary alicyclic amines) is 1. The van der Waals surface area contributed by atoms with Gasteiger partial charge in [-0.15, -0.1) is 0 Å². The zero-order valence-corrected chi connectivity index (χ0v) is 32.5. The highest BCUT2D eigenvalue weighted by atomic mass is 35.5. The van der Waals surface area contributed by atoms with Crippen molar-refractivity contribution in [3.63, 3.8) is 0 Å². The molecular weight excluding hydrogens is 710 g/mol. The summed E-state index contributed by atoms with van der Waals surface area (Å²) in [7, 11) is 0.607. The molecule has 0 saturated carbocycles. The van der Waals surface area contributed by atoms with Crippen molar-refractivity contribution >= 4 is 42.4 Å². The molecule has 3 aliphatic heterocycles. The summed E-state index contributed by atoms with van der Waals surface area (Å²) in [6.45, 7) is 7.38. The number of hydrogen-bond donors (Lipinski definition) is 1. The first kappa shape index (κ1) is 36.9. The number of rotatable bonds is 10. The Hall–Kier alpha value is -4.42. The van der Waals surface area contributed by atoms with Crippen LogP contribution in [0.15, 0.2) is 89.9 Å². The number of aromatic nitrogens is 1. The SMILES string of the molecule is COc1ccc([Si](C)(C)[C@@H]2[C@@H](CC(=O)N3CCC[C@H]3CO)O[C@]3(C(=O)N(Cc4cccc(-n5cccc(OC)c5=O)c4)c4ccc(Cl)cc43)[C@H]2C)cc1. The van der Waals surface area contributed by atoms with Crippen LogP contribution in [0.3, 0.4) is 0 Å². The number of ether oxygens (including phenoxy) is 3. The summed E-state index contributed by atoms with van der Waals surface area (Å²) in [4.78, 5) is 45.9. The van der Waals surface area contributed by atoms with Gasteiger partial charge in [0.1, 0.15) is 5.75 Å². The van der Waals surface area contributed by atoms with Gasteiger partial charge >= 0.3 is 0 Å². The van der Waals surface area contributed by atoms with E-state index in [-0.39, 0.29) is 60.2 Å². The number of hydrogen-bond acceptors (Lipinski definition) is 7. The third kappa shape index (κ3) is 6.27. The van der Waals surface area contributed by atoms with Gasteiger partial charge in [-0.3, -0.25) is 19.0 Å². The molecule has 3 aliphatic rings. The molecule has 0 unspecified atom stereocenters. The fourth-order valence-corrected chi connectivity index (χ4v) is 13.3. The maximum absolute atomic E-state index is 15.2. The molecule has 0 aliphatic carbocycles. The summed E-state index contributed by atoms with van der Waals surface area (Å²) in [6.07, 6.45) is 2.81. The summed E-state index contributed by atoms with van der Waals surface area (Å²) in [5.74, 6) is 0.381. The number of anilines is 1. The van der Waals surface area contributed by atoms with Crippen molar-refractivity contribution in [2.75, 3.05) is 32.3 Å². The molecule has 1 spiro atoms. The number of aliphatic hydroxyl groups is 1. The summed E-state index contributed by atoms with van der Waals surface area (Å²) in [5.41, 5.74) is 1.02. The molecule has 4 heterocycles. The van der Waals surface area contributed by atoms with Crippen LogP contribution in [-0.4, -0.2) is 74.0 Å². The van der Waals surface area contributed by atoms with Gasteiger partial charge in [-0.2, -0.15) is 0 Å². The zero-order valence-electron chi connectivity index (χ0n) is 30.8. The lowest BCUT2D eigenvalue weighted by Crippen LogP contribution is -2.52. The van der Waals surface area contributed by atoms with Crippen molar-refractivity contribution in [3.8, 4) is 17.2 Å². The number of pyridine rings is 1. The fraction of sp³-hybridized carbons (Fsp3) is 0.390. The van der Waals surface area contributed by atoms with E-state index >= 15 is 4.79 Å². The van der Waals surface area contributed by atoms with Crippen molar-refractivity contribution in [1.29, 1.82) is 0 Å². The van der Waals surface area contributed by atoms with Crippen LogP contribution in [0.1, 0.15) is 37.3 Å². The van der Waals surface area contributed by atoms with Crippen molar-refractivity contribution in [2.45, 2.75) is 69.1 Å². The minimum atomic E-state index is -2.50. The number of carbonyl (C=O) groups excluding carboxylic acids is 2. The first-order valence-electron chi connectivity index (χ1n) is 18.1. The molecule has 0 radical (unpaired) electrons. The molecule has 4 aromatic rings. The molecule has 0 bridgehead atoms. The van der Waals surface area contributed by atoms with Crippen molar-refractivity contribution in [1.82, 2.24) is 9.47 Å². The number of aliphatic hydroxyl groups excluding tert-OH is 1. The molecule has 1 aromatic heterocycles. The zero-order chi connectivity index (χ0) is 37.7. The predicted octanol–water partition coefficient (Wildman–Crippen LogP) is 5.64. The Balaban J connectivity index is 1.29. The number of methoxy groups -OCH3 is 2. The first-order chi connectivity index (χ1) is 25.4. The van der Waals surface area contributed by atoms with Crippen LogP contribution >= 0.6 is 11.6 Å². The molecule has 7 rings (SSSR count). The molecule has 2 amide bonds. The number of benzene rings is 3. The highest BCUT2D eigenvalue weighted by Gasteiger charge is 2.66. The monoisotopic (exact) mass is 755 g/mol. The molecule has 53 heavy (non-hydrogen) atoms. The Morgan fingerprint density at radius 1 is 1.02 bits per heavy atom. The van der Waals surface area contributed by atoms with E-state index < -0.39 is 19.8 Å². The largest absolute Gasteiger partial charge is 0.497 e. The van der Waals surface area contributed by atoms with Crippen LogP contribution in [0.4, 0.5) is 5.69 Å². The predicted molar refractivity (Wildman–Crippen MR) is 207 cm³/mol. The molecule has 10 nitrogen and oxygen atoms in total. The molecule has 278 valence electrons. The van der Waals surface area contributed by atoms with Crippen molar-refractivity contribution in [3.05, 3.63) is 112 Å². The summed E-state index contributed by atoms with van der Waals surface area (Å²) < 4.78 is 19.4. The standard InChI is InChI=1S/C41H46ClN3O7Si/c1-26-38(53(4,5)32-16-14-31(50-2)15-17-32)36(23-37(47)43-19-7-11-30(43)25-46)52-41(26)33-22-28(42)13-18-34(33)45(40(41)49)24-27-9-6-10-29(21-27)44-20-8-12-35(51-3)39(44)48/h6,8-10,12-18,20-22,26,30,36,38,46H,7,11,19,23-25H2,1-5H3/t26-,30-,36+,38-,41+/m0/s1. The normalized spacial score (nSPS) is 23.9. The fourth-order valence-electron chi connectivity index (χ4n) is 9.11. The van der Waals surface area contributed by atoms with E-state index in [0.29, 0.717) is 28.5 Å². The van der Waals surface area contributed by atoms with Gasteiger partial charge in [-0.25, -0.2) is 0 Å². The third-order valence-corrected chi connectivity index (χ3v) is 16.3. The lowest BCUT2D eigenvalue weighted by atomic mass is 9.82. The highest BCUT2D eigenvalue weighted by molar-refractivity contribution is 6.91. The second-order valence-corrected chi connectivity index (χ2v) is 20.0. The lowest BCUT2D eigenvalue weighted by molar-refractivity contribution is -0.150. The Morgan fingerprint density at radius 2 is 1.79 bits per heavy atom. The van der Waals surface area contributed by atoms with Gasteiger partial charge in [-0.1, -0.05) is 61.1 Å².